The molecule has 1 saturated carbocycles. The van der Waals surface area contributed by atoms with Crippen molar-refractivity contribution in [1.29, 1.82) is 0 Å². The number of hydrogen-bond acceptors (Lipinski definition) is 4. The first-order chi connectivity index (χ1) is 9.83. The predicted molar refractivity (Wildman–Crippen MR) is 71.1 cm³/mol. The Morgan fingerprint density at radius 1 is 1.19 bits per heavy atom. The zero-order valence-electron chi connectivity index (χ0n) is 11.9. The van der Waals surface area contributed by atoms with Gasteiger partial charge in [-0.15, -0.1) is 0 Å². The van der Waals surface area contributed by atoms with Gasteiger partial charge in [0, 0.05) is 38.8 Å². The van der Waals surface area contributed by atoms with Crippen LogP contribution in [0.25, 0.3) is 0 Å². The molecule has 5 nitrogen and oxygen atoms in total. The van der Waals surface area contributed by atoms with Gasteiger partial charge in [0.1, 0.15) is 6.04 Å². The summed E-state index contributed by atoms with van der Waals surface area (Å²) in [6.07, 6.45) is -1.60. The van der Waals surface area contributed by atoms with Gasteiger partial charge in [0.05, 0.1) is 6.54 Å². The molecule has 1 saturated heterocycles. The lowest BCUT2D eigenvalue weighted by atomic mass is 10.2. The highest BCUT2D eigenvalue weighted by Gasteiger charge is 2.32. The molecule has 0 amide bonds. The van der Waals surface area contributed by atoms with Crippen molar-refractivity contribution >= 4 is 5.97 Å². The van der Waals surface area contributed by atoms with Crippen molar-refractivity contribution < 1.29 is 23.1 Å². The van der Waals surface area contributed by atoms with Gasteiger partial charge in [-0.2, -0.15) is 13.2 Å². The van der Waals surface area contributed by atoms with Crippen LogP contribution in [0, 0.1) is 0 Å². The third-order valence-electron chi connectivity index (χ3n) is 3.91. The Bertz CT molecular complexity index is 353. The SMILES string of the molecule is O=C(O)C(CCN1CCN(CC(F)(F)F)CC1)NC1CC1. The number of halogens is 3. The van der Waals surface area contributed by atoms with E-state index in [0.29, 0.717) is 45.2 Å². The first-order valence-electron chi connectivity index (χ1n) is 7.34. The molecular weight excluding hydrogens is 287 g/mol. The summed E-state index contributed by atoms with van der Waals surface area (Å²) in [5.41, 5.74) is 0. The Kier molecular flexibility index (Phi) is 5.45. The molecule has 2 rings (SSSR count). The zero-order chi connectivity index (χ0) is 15.5. The number of rotatable bonds is 7. The summed E-state index contributed by atoms with van der Waals surface area (Å²) in [5.74, 6) is -0.849. The number of carboxylic acids is 1. The highest BCUT2D eigenvalue weighted by Crippen LogP contribution is 2.20. The molecule has 2 N–H and O–H groups in total. The van der Waals surface area contributed by atoms with Gasteiger partial charge in [-0.1, -0.05) is 0 Å². The van der Waals surface area contributed by atoms with E-state index in [2.05, 4.69) is 5.32 Å². The maximum absolute atomic E-state index is 12.3. The maximum atomic E-state index is 12.3. The molecular formula is C13H22F3N3O2. The standard InChI is InChI=1S/C13H22F3N3O2/c14-13(15,16)9-19-7-5-18(6-8-19)4-3-11(12(20)21)17-10-1-2-10/h10-11,17H,1-9H2,(H,20,21). The largest absolute Gasteiger partial charge is 0.480 e. The van der Waals surface area contributed by atoms with Gasteiger partial charge in [0.2, 0.25) is 0 Å². The Labute approximate surface area is 122 Å². The number of aliphatic carboxylic acids is 1. The second-order valence-corrected chi connectivity index (χ2v) is 5.85. The van der Waals surface area contributed by atoms with Crippen molar-refractivity contribution in [2.75, 3.05) is 39.3 Å². The molecule has 8 heteroatoms. The second-order valence-electron chi connectivity index (χ2n) is 5.85. The Morgan fingerprint density at radius 2 is 1.76 bits per heavy atom. The van der Waals surface area contributed by atoms with E-state index in [-0.39, 0.29) is 0 Å². The molecule has 122 valence electrons. The number of alkyl halides is 3. The third kappa shape index (κ3) is 6.19. The minimum Gasteiger partial charge on any atom is -0.480 e. The van der Waals surface area contributed by atoms with Crippen LogP contribution < -0.4 is 5.32 Å². The van der Waals surface area contributed by atoms with E-state index >= 15 is 0 Å². The van der Waals surface area contributed by atoms with Crippen molar-refractivity contribution in [3.05, 3.63) is 0 Å². The zero-order valence-corrected chi connectivity index (χ0v) is 11.9. The fourth-order valence-electron chi connectivity index (χ4n) is 2.55. The number of carboxylic acid groups (broad SMARTS) is 1. The number of hydrogen-bond donors (Lipinski definition) is 2. The smallest absolute Gasteiger partial charge is 0.401 e. The fraction of sp³-hybridized carbons (Fsp3) is 0.923. The van der Waals surface area contributed by atoms with Crippen LogP contribution in [-0.2, 0) is 4.79 Å². The normalized spacial score (nSPS) is 23.2. The molecule has 0 radical (unpaired) electrons. The lowest BCUT2D eigenvalue weighted by molar-refractivity contribution is -0.149. The Hall–Kier alpha value is -0.860. The van der Waals surface area contributed by atoms with E-state index < -0.39 is 24.7 Å². The van der Waals surface area contributed by atoms with E-state index in [0.717, 1.165) is 12.8 Å². The van der Waals surface area contributed by atoms with Gasteiger partial charge in [0.15, 0.2) is 0 Å². The van der Waals surface area contributed by atoms with Crippen molar-refractivity contribution in [3.8, 4) is 0 Å². The van der Waals surface area contributed by atoms with Crippen LogP contribution in [0.2, 0.25) is 0 Å². The summed E-state index contributed by atoms with van der Waals surface area (Å²) >= 11 is 0. The van der Waals surface area contributed by atoms with Crippen molar-refractivity contribution in [2.45, 2.75) is 37.5 Å². The molecule has 1 heterocycles. The van der Waals surface area contributed by atoms with Gasteiger partial charge in [-0.25, -0.2) is 0 Å². The quantitative estimate of drug-likeness (QED) is 0.727. The molecule has 0 spiro atoms. The first kappa shape index (κ1) is 16.5. The molecule has 2 fully saturated rings. The third-order valence-corrected chi connectivity index (χ3v) is 3.91. The van der Waals surface area contributed by atoms with Crippen molar-refractivity contribution in [3.63, 3.8) is 0 Å². The summed E-state index contributed by atoms with van der Waals surface area (Å²) in [5, 5.41) is 12.2. The van der Waals surface area contributed by atoms with Crippen molar-refractivity contribution in [2.24, 2.45) is 0 Å². The van der Waals surface area contributed by atoms with Crippen LogP contribution in [0.1, 0.15) is 19.3 Å². The van der Waals surface area contributed by atoms with Crippen LogP contribution in [0.3, 0.4) is 0 Å². The second kappa shape index (κ2) is 6.93. The van der Waals surface area contributed by atoms with Gasteiger partial charge < -0.3 is 15.3 Å². The summed E-state index contributed by atoms with van der Waals surface area (Å²) in [4.78, 5) is 14.6. The molecule has 1 aliphatic carbocycles. The Balaban J connectivity index is 1.66. The lowest BCUT2D eigenvalue weighted by Crippen LogP contribution is -2.50. The molecule has 1 aliphatic heterocycles. The molecule has 1 atom stereocenters. The maximum Gasteiger partial charge on any atom is 0.401 e. The van der Waals surface area contributed by atoms with Crippen LogP contribution >= 0.6 is 0 Å². The van der Waals surface area contributed by atoms with Gasteiger partial charge in [-0.05, 0) is 19.3 Å². The molecule has 0 aromatic heterocycles. The number of nitrogens with zero attached hydrogens (tertiary/aromatic N) is 2. The number of nitrogens with one attached hydrogen (secondary N) is 1. The summed E-state index contributed by atoms with van der Waals surface area (Å²) in [6.45, 7) is 1.64. The van der Waals surface area contributed by atoms with E-state index in [1.165, 1.54) is 4.90 Å². The lowest BCUT2D eigenvalue weighted by Gasteiger charge is -2.35. The number of piperazine rings is 1. The summed E-state index contributed by atoms with van der Waals surface area (Å²) in [6, 6.07) is -0.222. The molecule has 1 unspecified atom stereocenters. The van der Waals surface area contributed by atoms with Crippen LogP contribution in [0.4, 0.5) is 13.2 Å². The highest BCUT2D eigenvalue weighted by molar-refractivity contribution is 5.73. The van der Waals surface area contributed by atoms with E-state index in [1.807, 2.05) is 4.90 Å². The van der Waals surface area contributed by atoms with Gasteiger partial charge in [0.25, 0.3) is 0 Å². The molecule has 21 heavy (non-hydrogen) atoms. The van der Waals surface area contributed by atoms with E-state index in [4.69, 9.17) is 5.11 Å². The van der Waals surface area contributed by atoms with Crippen molar-refractivity contribution in [1.82, 2.24) is 15.1 Å². The highest BCUT2D eigenvalue weighted by atomic mass is 19.4. The minimum absolute atomic E-state index is 0.328. The number of carbonyl (C=O) groups is 1. The van der Waals surface area contributed by atoms with Gasteiger partial charge in [-0.3, -0.25) is 9.69 Å². The van der Waals surface area contributed by atoms with Gasteiger partial charge >= 0.3 is 12.1 Å². The molecule has 0 bridgehead atoms. The molecule has 0 aromatic rings. The van der Waals surface area contributed by atoms with E-state index in [1.54, 1.807) is 0 Å². The van der Waals surface area contributed by atoms with Crippen LogP contribution in [-0.4, -0.2) is 78.4 Å². The Morgan fingerprint density at radius 3 is 2.24 bits per heavy atom. The molecule has 2 aliphatic rings. The van der Waals surface area contributed by atoms with E-state index in [9.17, 15) is 18.0 Å². The molecule has 0 aromatic carbocycles. The van der Waals surface area contributed by atoms with Crippen LogP contribution in [0.5, 0.6) is 0 Å². The van der Waals surface area contributed by atoms with Crippen LogP contribution in [0.15, 0.2) is 0 Å². The average molecular weight is 309 g/mol. The fourth-order valence-corrected chi connectivity index (χ4v) is 2.55. The monoisotopic (exact) mass is 309 g/mol. The minimum atomic E-state index is -4.15. The average Bonchev–Trinajstić information content (AvgIpc) is 3.18. The topological polar surface area (TPSA) is 55.8 Å². The first-order valence-corrected chi connectivity index (χ1v) is 7.34. The summed E-state index contributed by atoms with van der Waals surface area (Å²) in [7, 11) is 0. The summed E-state index contributed by atoms with van der Waals surface area (Å²) < 4.78 is 36.8. The predicted octanol–water partition coefficient (Wildman–Crippen LogP) is 0.762.